The van der Waals surface area contributed by atoms with Gasteiger partial charge >= 0.3 is 12.1 Å². The number of alkyl carbamates (subject to hydrolysis) is 1. The molecule has 14 heteroatoms. The van der Waals surface area contributed by atoms with Crippen molar-refractivity contribution in [2.24, 2.45) is 0 Å². The molecule has 0 fully saturated rings. The van der Waals surface area contributed by atoms with Crippen LogP contribution in [0, 0.1) is 20.2 Å². The summed E-state index contributed by atoms with van der Waals surface area (Å²) < 4.78 is 9.87. The van der Waals surface area contributed by atoms with Gasteiger partial charge in [-0.3, -0.25) is 0 Å². The van der Waals surface area contributed by atoms with E-state index in [1.54, 1.807) is 20.8 Å². The van der Waals surface area contributed by atoms with Gasteiger partial charge in [-0.15, -0.1) is 20.2 Å². The van der Waals surface area contributed by atoms with Gasteiger partial charge in [0.2, 0.25) is 0 Å². The second kappa shape index (κ2) is 12.5. The molecule has 14 nitrogen and oxygen atoms in total. The van der Waals surface area contributed by atoms with Crippen molar-refractivity contribution >= 4 is 12.1 Å². The van der Waals surface area contributed by atoms with Gasteiger partial charge in [-0.2, -0.15) is 0 Å². The first-order valence-corrected chi connectivity index (χ1v) is 8.30. The van der Waals surface area contributed by atoms with Crippen molar-refractivity contribution in [3.05, 3.63) is 20.2 Å². The lowest BCUT2D eigenvalue weighted by Gasteiger charge is -2.22. The quantitative estimate of drug-likeness (QED) is 0.184. The fourth-order valence-electron chi connectivity index (χ4n) is 1.81. The minimum absolute atomic E-state index is 0.0476. The van der Waals surface area contributed by atoms with Crippen LogP contribution in [0.1, 0.15) is 40.0 Å². The van der Waals surface area contributed by atoms with Gasteiger partial charge in [-0.1, -0.05) is 0 Å². The number of carbonyl (C=O) groups excluding carboxylic acids is 2. The minimum Gasteiger partial charge on any atom is -0.464 e. The van der Waals surface area contributed by atoms with Crippen molar-refractivity contribution < 1.29 is 44.0 Å². The van der Waals surface area contributed by atoms with E-state index in [4.69, 9.17) is 9.47 Å². The highest BCUT2D eigenvalue weighted by molar-refractivity contribution is 5.81. The summed E-state index contributed by atoms with van der Waals surface area (Å²) in [5, 5.41) is 29.6. The maximum absolute atomic E-state index is 11.8. The Morgan fingerprint density at radius 1 is 1.14 bits per heavy atom. The summed E-state index contributed by atoms with van der Waals surface area (Å²) in [6.45, 7) is 3.48. The van der Waals surface area contributed by atoms with Crippen molar-refractivity contribution in [2.75, 3.05) is 19.8 Å². The maximum atomic E-state index is 11.8. The van der Waals surface area contributed by atoms with Gasteiger partial charge in [0, 0.05) is 0 Å². The normalized spacial score (nSPS) is 13.0. The largest absolute Gasteiger partial charge is 0.464 e. The van der Waals surface area contributed by atoms with Crippen LogP contribution in [-0.2, 0) is 23.9 Å². The fraction of sp³-hybridized carbons (Fsp3) is 0.857. The number of ether oxygens (including phenoxy) is 2. The van der Waals surface area contributed by atoms with Gasteiger partial charge in [-0.25, -0.2) is 9.59 Å². The molecule has 2 unspecified atom stereocenters. The Balaban J connectivity index is 4.23. The number of hydrogen-bond acceptors (Lipinski definition) is 11. The van der Waals surface area contributed by atoms with Crippen molar-refractivity contribution in [2.45, 2.75) is 57.8 Å². The van der Waals surface area contributed by atoms with Crippen LogP contribution in [0.2, 0.25) is 0 Å². The van der Waals surface area contributed by atoms with Gasteiger partial charge in [0.25, 0.3) is 10.2 Å². The third-order valence-corrected chi connectivity index (χ3v) is 2.92. The molecular formula is C14H25N3O11. The number of nitrogens with zero attached hydrogens (tertiary/aromatic N) is 2. The number of aliphatic hydroxyl groups is 1. The lowest BCUT2D eigenvalue weighted by Crippen LogP contribution is -2.46. The molecule has 1 amide bonds. The first-order valence-electron chi connectivity index (χ1n) is 8.30. The molecule has 0 spiro atoms. The van der Waals surface area contributed by atoms with Gasteiger partial charge < -0.3 is 29.6 Å². The zero-order chi connectivity index (χ0) is 21.7. The SMILES string of the molecule is CC(C)(C)OC(=O)NC(CO)C(=O)OCCCCC(CO[N+](=O)[O-])O[N+](=O)[O-]. The average Bonchev–Trinajstić information content (AvgIpc) is 2.54. The van der Waals surface area contributed by atoms with Crippen LogP contribution in [0.25, 0.3) is 0 Å². The second-order valence-corrected chi connectivity index (χ2v) is 6.52. The summed E-state index contributed by atoms with van der Waals surface area (Å²) in [5.41, 5.74) is -0.782. The van der Waals surface area contributed by atoms with Crippen molar-refractivity contribution in [3.8, 4) is 0 Å². The van der Waals surface area contributed by atoms with E-state index >= 15 is 0 Å². The van der Waals surface area contributed by atoms with Crippen LogP contribution in [0.3, 0.4) is 0 Å². The second-order valence-electron chi connectivity index (χ2n) is 6.52. The van der Waals surface area contributed by atoms with E-state index in [1.807, 2.05) is 0 Å². The number of amides is 1. The van der Waals surface area contributed by atoms with Crippen LogP contribution in [0.4, 0.5) is 4.79 Å². The molecule has 28 heavy (non-hydrogen) atoms. The number of carbonyl (C=O) groups is 2. The van der Waals surface area contributed by atoms with E-state index in [-0.39, 0.29) is 25.9 Å². The van der Waals surface area contributed by atoms with Crippen LogP contribution in [-0.4, -0.2) is 64.9 Å². The Kier molecular flexibility index (Phi) is 11.2. The molecule has 2 atom stereocenters. The molecule has 0 aromatic carbocycles. The topological polar surface area (TPSA) is 190 Å². The highest BCUT2D eigenvalue weighted by Gasteiger charge is 2.25. The summed E-state index contributed by atoms with van der Waals surface area (Å²) >= 11 is 0. The molecule has 0 bridgehead atoms. The Labute approximate surface area is 160 Å². The zero-order valence-electron chi connectivity index (χ0n) is 15.8. The van der Waals surface area contributed by atoms with E-state index in [0.29, 0.717) is 0 Å². The molecule has 0 aromatic rings. The minimum atomic E-state index is -1.31. The maximum Gasteiger partial charge on any atom is 0.408 e. The summed E-state index contributed by atoms with van der Waals surface area (Å²) in [6, 6.07) is -1.31. The van der Waals surface area contributed by atoms with E-state index < -0.39 is 53.2 Å². The van der Waals surface area contributed by atoms with E-state index in [1.165, 1.54) is 0 Å². The summed E-state index contributed by atoms with van der Waals surface area (Å²) in [6.07, 6.45) is -1.46. The number of rotatable bonds is 13. The monoisotopic (exact) mass is 411 g/mol. The molecule has 2 N–H and O–H groups in total. The Morgan fingerprint density at radius 3 is 2.29 bits per heavy atom. The third kappa shape index (κ3) is 13.3. The average molecular weight is 411 g/mol. The van der Waals surface area contributed by atoms with Crippen molar-refractivity contribution in [3.63, 3.8) is 0 Å². The van der Waals surface area contributed by atoms with Crippen molar-refractivity contribution in [1.82, 2.24) is 5.32 Å². The van der Waals surface area contributed by atoms with Crippen LogP contribution < -0.4 is 5.32 Å². The van der Waals surface area contributed by atoms with Crippen molar-refractivity contribution in [1.29, 1.82) is 0 Å². The first kappa shape index (κ1) is 25.1. The molecule has 0 saturated carbocycles. The molecule has 0 aliphatic carbocycles. The molecule has 0 radical (unpaired) electrons. The molecule has 0 aliphatic rings. The Hall–Kier alpha value is -2.90. The standard InChI is InChI=1S/C14H25N3O11/c1-14(2,3)27-13(20)15-11(8-18)12(19)25-7-5-4-6-10(28-17(23)24)9-26-16(21)22/h10-11,18H,4-9H2,1-3H3,(H,15,20). The summed E-state index contributed by atoms with van der Waals surface area (Å²) in [5.74, 6) is -0.886. The number of nitrogens with one attached hydrogen (secondary N) is 1. The first-order chi connectivity index (χ1) is 12.9. The lowest BCUT2D eigenvalue weighted by atomic mass is 10.2. The molecule has 0 rings (SSSR count). The Bertz CT molecular complexity index is 535. The molecule has 162 valence electrons. The lowest BCUT2D eigenvalue weighted by molar-refractivity contribution is -0.790. The number of esters is 1. The highest BCUT2D eigenvalue weighted by atomic mass is 17.0. The molecule has 0 aliphatic heterocycles. The van der Waals surface area contributed by atoms with Gasteiger partial charge in [0.05, 0.1) is 13.2 Å². The van der Waals surface area contributed by atoms with Crippen LogP contribution in [0.15, 0.2) is 0 Å². The van der Waals surface area contributed by atoms with Gasteiger partial charge in [0.1, 0.15) is 18.3 Å². The molecule has 0 heterocycles. The van der Waals surface area contributed by atoms with E-state index in [2.05, 4.69) is 15.0 Å². The summed E-state index contributed by atoms with van der Waals surface area (Å²) in [7, 11) is 0. The van der Waals surface area contributed by atoms with Gasteiger partial charge in [0.15, 0.2) is 6.04 Å². The van der Waals surface area contributed by atoms with Crippen LogP contribution in [0.5, 0.6) is 0 Å². The smallest absolute Gasteiger partial charge is 0.408 e. The van der Waals surface area contributed by atoms with E-state index in [9.17, 15) is 34.9 Å². The molecule has 0 aromatic heterocycles. The van der Waals surface area contributed by atoms with Gasteiger partial charge in [-0.05, 0) is 40.0 Å². The number of unbranched alkanes of at least 4 members (excludes halogenated alkanes) is 1. The molecule has 0 saturated heterocycles. The predicted molar refractivity (Wildman–Crippen MR) is 89.9 cm³/mol. The number of hydrogen-bond donors (Lipinski definition) is 2. The fourth-order valence-corrected chi connectivity index (χ4v) is 1.81. The Morgan fingerprint density at radius 2 is 1.79 bits per heavy atom. The predicted octanol–water partition coefficient (Wildman–Crippen LogP) is 0.371. The summed E-state index contributed by atoms with van der Waals surface area (Å²) in [4.78, 5) is 52.2. The number of aliphatic hydroxyl groups excluding tert-OH is 1. The van der Waals surface area contributed by atoms with Crippen LogP contribution >= 0.6 is 0 Å². The zero-order valence-corrected chi connectivity index (χ0v) is 15.8. The highest BCUT2D eigenvalue weighted by Crippen LogP contribution is 2.08. The third-order valence-electron chi connectivity index (χ3n) is 2.92. The van der Waals surface area contributed by atoms with E-state index in [0.717, 1.165) is 0 Å². The molecular weight excluding hydrogens is 386 g/mol.